The van der Waals surface area contributed by atoms with Crippen molar-refractivity contribution in [3.8, 4) is 0 Å². The molecule has 0 spiro atoms. The van der Waals surface area contributed by atoms with Gasteiger partial charge in [-0.2, -0.15) is 0 Å². The highest BCUT2D eigenvalue weighted by molar-refractivity contribution is 6.42. The Morgan fingerprint density at radius 2 is 1.92 bits per heavy atom. The molecule has 26 heavy (non-hydrogen) atoms. The summed E-state index contributed by atoms with van der Waals surface area (Å²) in [5.74, 6) is 0.106. The summed E-state index contributed by atoms with van der Waals surface area (Å²) in [6.45, 7) is 0. The second kappa shape index (κ2) is 7.89. The summed E-state index contributed by atoms with van der Waals surface area (Å²) in [4.78, 5) is 16.9. The average Bonchev–Trinajstić information content (AvgIpc) is 3.03. The Morgan fingerprint density at radius 1 is 1.19 bits per heavy atom. The molecule has 0 aliphatic carbocycles. The number of hydrogen-bond donors (Lipinski definition) is 1. The van der Waals surface area contributed by atoms with Crippen LogP contribution in [0.5, 0.6) is 0 Å². The maximum absolute atomic E-state index is 13.3. The smallest absolute Gasteiger partial charge is 0.225 e. The highest BCUT2D eigenvalue weighted by Crippen LogP contribution is 2.24. The largest absolute Gasteiger partial charge is 0.342 e. The molecule has 7 heteroatoms. The van der Waals surface area contributed by atoms with Gasteiger partial charge in [-0.15, -0.1) is 0 Å². The SMILES string of the molecule is Cn1ccnc1[C@@H](NC(=O)Cc1ccc(Cl)c(Cl)c1)c1ccc(F)cc1. The third-order valence-corrected chi connectivity index (χ3v) is 4.71. The number of rotatable bonds is 5. The Morgan fingerprint density at radius 3 is 2.54 bits per heavy atom. The summed E-state index contributed by atoms with van der Waals surface area (Å²) in [7, 11) is 1.84. The minimum absolute atomic E-state index is 0.138. The first-order valence-electron chi connectivity index (χ1n) is 7.90. The number of carbonyl (C=O) groups excluding carboxylic acids is 1. The highest BCUT2D eigenvalue weighted by Gasteiger charge is 2.21. The minimum Gasteiger partial charge on any atom is -0.342 e. The van der Waals surface area contributed by atoms with E-state index in [9.17, 15) is 9.18 Å². The molecule has 4 nitrogen and oxygen atoms in total. The Kier molecular flexibility index (Phi) is 5.59. The molecule has 0 saturated heterocycles. The van der Waals surface area contributed by atoms with E-state index in [1.54, 1.807) is 42.7 Å². The predicted octanol–water partition coefficient (Wildman–Crippen LogP) is 4.31. The van der Waals surface area contributed by atoms with Crippen LogP contribution in [-0.4, -0.2) is 15.5 Å². The van der Waals surface area contributed by atoms with E-state index in [4.69, 9.17) is 23.2 Å². The van der Waals surface area contributed by atoms with Crippen molar-refractivity contribution < 1.29 is 9.18 Å². The van der Waals surface area contributed by atoms with Gasteiger partial charge < -0.3 is 9.88 Å². The van der Waals surface area contributed by atoms with Gasteiger partial charge in [0, 0.05) is 19.4 Å². The Balaban J connectivity index is 1.83. The number of aromatic nitrogens is 2. The van der Waals surface area contributed by atoms with Gasteiger partial charge in [0.05, 0.1) is 16.5 Å². The number of nitrogens with one attached hydrogen (secondary N) is 1. The molecule has 0 aliphatic rings. The topological polar surface area (TPSA) is 46.9 Å². The van der Waals surface area contributed by atoms with Crippen molar-refractivity contribution in [2.75, 3.05) is 0 Å². The van der Waals surface area contributed by atoms with Crippen molar-refractivity contribution in [3.05, 3.63) is 87.7 Å². The molecule has 0 aliphatic heterocycles. The molecular weight excluding hydrogens is 376 g/mol. The molecule has 0 radical (unpaired) electrons. The fourth-order valence-electron chi connectivity index (χ4n) is 2.65. The van der Waals surface area contributed by atoms with E-state index >= 15 is 0 Å². The van der Waals surface area contributed by atoms with Crippen molar-refractivity contribution in [1.29, 1.82) is 0 Å². The molecule has 1 N–H and O–H groups in total. The van der Waals surface area contributed by atoms with Gasteiger partial charge >= 0.3 is 0 Å². The number of benzene rings is 2. The van der Waals surface area contributed by atoms with Crippen LogP contribution in [0.4, 0.5) is 4.39 Å². The third-order valence-electron chi connectivity index (χ3n) is 3.97. The summed E-state index contributed by atoms with van der Waals surface area (Å²) < 4.78 is 15.1. The lowest BCUT2D eigenvalue weighted by atomic mass is 10.0. The van der Waals surface area contributed by atoms with E-state index in [0.717, 1.165) is 11.1 Å². The summed E-state index contributed by atoms with van der Waals surface area (Å²) in [6.07, 6.45) is 3.58. The molecule has 0 fully saturated rings. The van der Waals surface area contributed by atoms with Crippen LogP contribution in [0.3, 0.4) is 0 Å². The number of imidazole rings is 1. The quantitative estimate of drug-likeness (QED) is 0.703. The molecule has 1 aromatic heterocycles. The van der Waals surface area contributed by atoms with Crippen molar-refractivity contribution in [1.82, 2.24) is 14.9 Å². The van der Waals surface area contributed by atoms with Gasteiger partial charge in [0.1, 0.15) is 17.7 Å². The summed E-state index contributed by atoms with van der Waals surface area (Å²) >= 11 is 11.9. The molecule has 0 saturated carbocycles. The van der Waals surface area contributed by atoms with E-state index in [2.05, 4.69) is 10.3 Å². The van der Waals surface area contributed by atoms with Crippen LogP contribution in [0.2, 0.25) is 10.0 Å². The van der Waals surface area contributed by atoms with Gasteiger partial charge in [-0.25, -0.2) is 9.37 Å². The van der Waals surface area contributed by atoms with Gasteiger partial charge in [-0.3, -0.25) is 4.79 Å². The zero-order valence-electron chi connectivity index (χ0n) is 13.9. The first kappa shape index (κ1) is 18.4. The molecule has 1 atom stereocenters. The van der Waals surface area contributed by atoms with Crippen LogP contribution >= 0.6 is 23.2 Å². The minimum atomic E-state index is -0.495. The van der Waals surface area contributed by atoms with Gasteiger partial charge in [0.25, 0.3) is 0 Å². The first-order valence-corrected chi connectivity index (χ1v) is 8.65. The maximum Gasteiger partial charge on any atom is 0.225 e. The summed E-state index contributed by atoms with van der Waals surface area (Å²) in [6, 6.07) is 10.6. The molecule has 2 aromatic carbocycles. The number of carbonyl (C=O) groups is 1. The summed E-state index contributed by atoms with van der Waals surface area (Å²) in [5.41, 5.74) is 1.48. The van der Waals surface area contributed by atoms with E-state index in [1.165, 1.54) is 12.1 Å². The van der Waals surface area contributed by atoms with Gasteiger partial charge in [-0.1, -0.05) is 41.4 Å². The Labute approximate surface area is 160 Å². The molecule has 0 unspecified atom stereocenters. The molecule has 3 rings (SSSR count). The second-order valence-corrected chi connectivity index (χ2v) is 6.69. The predicted molar refractivity (Wildman–Crippen MR) is 99.8 cm³/mol. The number of hydrogen-bond acceptors (Lipinski definition) is 2. The average molecular weight is 392 g/mol. The van der Waals surface area contributed by atoms with Crippen molar-refractivity contribution >= 4 is 29.1 Å². The second-order valence-electron chi connectivity index (χ2n) is 5.87. The molecule has 0 bridgehead atoms. The van der Waals surface area contributed by atoms with Gasteiger partial charge in [-0.05, 0) is 35.4 Å². The lowest BCUT2D eigenvalue weighted by Gasteiger charge is -2.19. The molecule has 3 aromatic rings. The first-order chi connectivity index (χ1) is 12.4. The fraction of sp³-hybridized carbons (Fsp3) is 0.158. The number of aryl methyl sites for hydroxylation is 1. The molecule has 1 amide bonds. The van der Waals surface area contributed by atoms with Crippen molar-refractivity contribution in [2.24, 2.45) is 7.05 Å². The monoisotopic (exact) mass is 391 g/mol. The normalized spacial score (nSPS) is 12.0. The fourth-order valence-corrected chi connectivity index (χ4v) is 2.98. The van der Waals surface area contributed by atoms with Crippen molar-refractivity contribution in [3.63, 3.8) is 0 Å². The van der Waals surface area contributed by atoms with Crippen LogP contribution in [-0.2, 0) is 18.3 Å². The zero-order chi connectivity index (χ0) is 18.7. The van der Waals surface area contributed by atoms with Crippen LogP contribution in [0.25, 0.3) is 0 Å². The molecular formula is C19H16Cl2FN3O. The zero-order valence-corrected chi connectivity index (χ0v) is 15.4. The van der Waals surface area contributed by atoms with Gasteiger partial charge in [0.15, 0.2) is 0 Å². The maximum atomic E-state index is 13.3. The summed E-state index contributed by atoms with van der Waals surface area (Å²) in [5, 5.41) is 3.79. The Bertz CT molecular complexity index is 925. The lowest BCUT2D eigenvalue weighted by molar-refractivity contribution is -0.121. The van der Waals surface area contributed by atoms with E-state index < -0.39 is 6.04 Å². The number of amides is 1. The van der Waals surface area contributed by atoms with E-state index in [-0.39, 0.29) is 18.1 Å². The lowest BCUT2D eigenvalue weighted by Crippen LogP contribution is -2.32. The van der Waals surface area contributed by atoms with Crippen LogP contribution in [0.1, 0.15) is 23.0 Å². The van der Waals surface area contributed by atoms with Crippen LogP contribution in [0.15, 0.2) is 54.9 Å². The molecule has 1 heterocycles. The molecule has 134 valence electrons. The van der Waals surface area contributed by atoms with Gasteiger partial charge in [0.2, 0.25) is 5.91 Å². The highest BCUT2D eigenvalue weighted by atomic mass is 35.5. The van der Waals surface area contributed by atoms with Crippen LogP contribution in [0, 0.1) is 5.82 Å². The number of halogens is 3. The Hall–Kier alpha value is -2.37. The van der Waals surface area contributed by atoms with E-state index in [1.807, 2.05) is 11.6 Å². The van der Waals surface area contributed by atoms with Crippen molar-refractivity contribution in [2.45, 2.75) is 12.5 Å². The standard InChI is InChI=1S/C19H16Cl2FN3O/c1-25-9-8-23-19(25)18(13-3-5-14(22)6-4-13)24-17(26)11-12-2-7-15(20)16(21)10-12/h2-10,18H,11H2,1H3,(H,24,26)/t18-/m0/s1. The van der Waals surface area contributed by atoms with Crippen LogP contribution < -0.4 is 5.32 Å². The third kappa shape index (κ3) is 4.23. The number of nitrogens with zero attached hydrogens (tertiary/aromatic N) is 2. The van der Waals surface area contributed by atoms with E-state index in [0.29, 0.717) is 15.9 Å².